The zero-order valence-electron chi connectivity index (χ0n) is 13.8. The van der Waals surface area contributed by atoms with Crippen LogP contribution in [0.3, 0.4) is 0 Å². The summed E-state index contributed by atoms with van der Waals surface area (Å²) in [6.45, 7) is 2.01. The SMILES string of the molecule is Cc1ccc2c(CC(=O)N[C@H]3CCSc4c(F)cccc43)coc2c1. The van der Waals surface area contributed by atoms with Gasteiger partial charge in [0.05, 0.1) is 18.7 Å². The van der Waals surface area contributed by atoms with Crippen molar-refractivity contribution >= 4 is 28.6 Å². The Morgan fingerprint density at radius 1 is 1.36 bits per heavy atom. The van der Waals surface area contributed by atoms with Gasteiger partial charge in [0, 0.05) is 21.6 Å². The molecule has 0 saturated carbocycles. The van der Waals surface area contributed by atoms with Crippen LogP contribution in [0.15, 0.2) is 52.0 Å². The van der Waals surface area contributed by atoms with Crippen molar-refractivity contribution in [2.45, 2.75) is 30.7 Å². The Morgan fingerprint density at radius 3 is 3.12 bits per heavy atom. The van der Waals surface area contributed by atoms with Gasteiger partial charge in [-0.15, -0.1) is 11.8 Å². The van der Waals surface area contributed by atoms with E-state index in [9.17, 15) is 9.18 Å². The van der Waals surface area contributed by atoms with E-state index in [1.165, 1.54) is 17.8 Å². The van der Waals surface area contributed by atoms with Gasteiger partial charge in [0.25, 0.3) is 0 Å². The summed E-state index contributed by atoms with van der Waals surface area (Å²) >= 11 is 1.51. The third-order valence-electron chi connectivity index (χ3n) is 4.52. The monoisotopic (exact) mass is 355 g/mol. The Kier molecular flexibility index (Phi) is 4.25. The molecule has 4 rings (SSSR count). The molecule has 1 amide bonds. The maximum atomic E-state index is 13.9. The van der Waals surface area contributed by atoms with E-state index in [1.807, 2.05) is 31.2 Å². The lowest BCUT2D eigenvalue weighted by Crippen LogP contribution is -2.31. The van der Waals surface area contributed by atoms with Crippen LogP contribution in [-0.4, -0.2) is 11.7 Å². The standard InChI is InChI=1S/C20H18FNO2S/c1-12-5-6-14-13(11-24-18(14)9-12)10-19(23)22-17-7-8-25-20-15(17)3-2-4-16(20)21/h2-6,9,11,17H,7-8,10H2,1H3,(H,22,23)/t17-/m0/s1. The number of carbonyl (C=O) groups excluding carboxylic acids is 1. The van der Waals surface area contributed by atoms with Crippen LogP contribution in [0, 0.1) is 12.7 Å². The van der Waals surface area contributed by atoms with E-state index in [4.69, 9.17) is 4.42 Å². The molecule has 0 saturated heterocycles. The molecule has 128 valence electrons. The number of hydrogen-bond donors (Lipinski definition) is 1. The molecule has 2 heterocycles. The molecule has 3 nitrogen and oxygen atoms in total. The fraction of sp³-hybridized carbons (Fsp3) is 0.250. The number of hydrogen-bond acceptors (Lipinski definition) is 3. The number of carbonyl (C=O) groups is 1. The van der Waals surface area contributed by atoms with E-state index in [-0.39, 0.29) is 24.2 Å². The van der Waals surface area contributed by atoms with Crippen LogP contribution >= 0.6 is 11.8 Å². The summed E-state index contributed by atoms with van der Waals surface area (Å²) in [6, 6.07) is 10.9. The van der Waals surface area contributed by atoms with E-state index in [2.05, 4.69) is 5.32 Å². The second-order valence-electron chi connectivity index (χ2n) is 6.35. The Balaban J connectivity index is 1.52. The van der Waals surface area contributed by atoms with Crippen molar-refractivity contribution in [3.8, 4) is 0 Å². The lowest BCUT2D eigenvalue weighted by molar-refractivity contribution is -0.121. The summed E-state index contributed by atoms with van der Waals surface area (Å²) in [6.07, 6.45) is 2.70. The Bertz CT molecular complexity index is 950. The number of thioether (sulfide) groups is 1. The first kappa shape index (κ1) is 16.2. The van der Waals surface area contributed by atoms with Gasteiger partial charge in [-0.25, -0.2) is 4.39 Å². The molecular weight excluding hydrogens is 337 g/mol. The summed E-state index contributed by atoms with van der Waals surface area (Å²) in [4.78, 5) is 13.2. The van der Waals surface area contributed by atoms with Crippen molar-refractivity contribution in [1.82, 2.24) is 5.32 Å². The highest BCUT2D eigenvalue weighted by Gasteiger charge is 2.24. The van der Waals surface area contributed by atoms with E-state index in [0.29, 0.717) is 4.90 Å². The predicted molar refractivity (Wildman–Crippen MR) is 97.3 cm³/mol. The van der Waals surface area contributed by atoms with Gasteiger partial charge in [-0.05, 0) is 36.6 Å². The molecule has 0 aliphatic carbocycles. The molecule has 0 bridgehead atoms. The van der Waals surface area contributed by atoms with Gasteiger partial charge in [0.1, 0.15) is 11.4 Å². The van der Waals surface area contributed by atoms with Crippen LogP contribution in [0.2, 0.25) is 0 Å². The van der Waals surface area contributed by atoms with E-state index >= 15 is 0 Å². The molecule has 0 spiro atoms. The van der Waals surface area contributed by atoms with Crippen LogP contribution in [0.4, 0.5) is 4.39 Å². The summed E-state index contributed by atoms with van der Waals surface area (Å²) in [7, 11) is 0. The molecule has 0 radical (unpaired) electrons. The van der Waals surface area contributed by atoms with Crippen LogP contribution in [0.1, 0.15) is 29.2 Å². The highest BCUT2D eigenvalue weighted by molar-refractivity contribution is 7.99. The van der Waals surface area contributed by atoms with Crippen molar-refractivity contribution in [3.05, 3.63) is 65.2 Å². The molecule has 1 aliphatic rings. The third-order valence-corrected chi connectivity index (χ3v) is 5.68. The Hall–Kier alpha value is -2.27. The van der Waals surface area contributed by atoms with Gasteiger partial charge in [-0.2, -0.15) is 0 Å². The molecule has 2 aromatic carbocycles. The van der Waals surface area contributed by atoms with E-state index in [0.717, 1.165) is 39.8 Å². The fourth-order valence-corrected chi connectivity index (χ4v) is 4.42. The number of fused-ring (bicyclic) bond motifs is 2. The number of nitrogens with one attached hydrogen (secondary N) is 1. The van der Waals surface area contributed by atoms with Gasteiger partial charge in [0.2, 0.25) is 5.91 Å². The molecule has 1 aromatic heterocycles. The van der Waals surface area contributed by atoms with Gasteiger partial charge in [-0.3, -0.25) is 4.79 Å². The zero-order valence-corrected chi connectivity index (χ0v) is 14.7. The van der Waals surface area contributed by atoms with Crippen molar-refractivity contribution < 1.29 is 13.6 Å². The summed E-state index contributed by atoms with van der Waals surface area (Å²) < 4.78 is 19.5. The summed E-state index contributed by atoms with van der Waals surface area (Å²) in [5.41, 5.74) is 3.66. The number of rotatable bonds is 3. The highest BCUT2D eigenvalue weighted by Crippen LogP contribution is 2.37. The molecule has 0 fully saturated rings. The highest BCUT2D eigenvalue weighted by atomic mass is 32.2. The van der Waals surface area contributed by atoms with Crippen LogP contribution in [0.25, 0.3) is 11.0 Å². The minimum Gasteiger partial charge on any atom is -0.464 e. The number of furan rings is 1. The Labute approximate surface area is 149 Å². The number of halogens is 1. The van der Waals surface area contributed by atoms with Crippen LogP contribution in [-0.2, 0) is 11.2 Å². The molecule has 3 aromatic rings. The first-order valence-corrected chi connectivity index (χ1v) is 9.27. The first-order valence-electron chi connectivity index (χ1n) is 8.29. The number of benzene rings is 2. The molecule has 25 heavy (non-hydrogen) atoms. The normalized spacial score (nSPS) is 16.6. The maximum absolute atomic E-state index is 13.9. The number of aryl methyl sites for hydroxylation is 1. The third kappa shape index (κ3) is 3.16. The fourth-order valence-electron chi connectivity index (χ4n) is 3.28. The second-order valence-corrected chi connectivity index (χ2v) is 7.46. The topological polar surface area (TPSA) is 42.2 Å². The van der Waals surface area contributed by atoms with E-state index < -0.39 is 0 Å². The Morgan fingerprint density at radius 2 is 2.24 bits per heavy atom. The molecule has 1 atom stereocenters. The average Bonchev–Trinajstić information content (AvgIpc) is 2.97. The molecule has 1 N–H and O–H groups in total. The quantitative estimate of drug-likeness (QED) is 0.735. The smallest absolute Gasteiger partial charge is 0.225 e. The predicted octanol–water partition coefficient (Wildman–Crippen LogP) is 4.78. The molecule has 1 aliphatic heterocycles. The lowest BCUT2D eigenvalue weighted by Gasteiger charge is -2.26. The minimum atomic E-state index is -0.211. The largest absolute Gasteiger partial charge is 0.464 e. The second kappa shape index (κ2) is 6.56. The van der Waals surface area contributed by atoms with Crippen molar-refractivity contribution in [2.24, 2.45) is 0 Å². The van der Waals surface area contributed by atoms with E-state index in [1.54, 1.807) is 12.3 Å². The summed E-state index contributed by atoms with van der Waals surface area (Å²) in [5, 5.41) is 4.02. The summed E-state index contributed by atoms with van der Waals surface area (Å²) in [5.74, 6) is 0.514. The lowest BCUT2D eigenvalue weighted by atomic mass is 10.0. The molecular formula is C20H18FNO2S. The molecule has 0 unspecified atom stereocenters. The van der Waals surface area contributed by atoms with Crippen LogP contribution in [0.5, 0.6) is 0 Å². The van der Waals surface area contributed by atoms with Crippen molar-refractivity contribution in [1.29, 1.82) is 0 Å². The van der Waals surface area contributed by atoms with Crippen LogP contribution < -0.4 is 5.32 Å². The van der Waals surface area contributed by atoms with Crippen molar-refractivity contribution in [3.63, 3.8) is 0 Å². The average molecular weight is 355 g/mol. The van der Waals surface area contributed by atoms with Gasteiger partial charge in [0.15, 0.2) is 0 Å². The van der Waals surface area contributed by atoms with Gasteiger partial charge >= 0.3 is 0 Å². The maximum Gasteiger partial charge on any atom is 0.225 e. The molecule has 5 heteroatoms. The first-order chi connectivity index (χ1) is 12.1. The van der Waals surface area contributed by atoms with Gasteiger partial charge in [-0.1, -0.05) is 24.3 Å². The number of amides is 1. The van der Waals surface area contributed by atoms with Gasteiger partial charge < -0.3 is 9.73 Å². The van der Waals surface area contributed by atoms with Crippen molar-refractivity contribution in [2.75, 3.05) is 5.75 Å². The zero-order chi connectivity index (χ0) is 17.4. The minimum absolute atomic E-state index is 0.0737.